The van der Waals surface area contributed by atoms with Crippen LogP contribution in [0.5, 0.6) is 0 Å². The Hall–Kier alpha value is -2.00. The highest BCUT2D eigenvalue weighted by molar-refractivity contribution is 6.31. The molecule has 2 N–H and O–H groups in total. The second kappa shape index (κ2) is 4.28. The Balaban J connectivity index is 2.01. The first kappa shape index (κ1) is 12.1. The summed E-state index contributed by atoms with van der Waals surface area (Å²) < 4.78 is 0. The van der Waals surface area contributed by atoms with Crippen molar-refractivity contribution in [3.05, 3.63) is 58.1 Å². The van der Waals surface area contributed by atoms with Gasteiger partial charge < -0.3 is 10.6 Å². The number of fused-ring (bicyclic) bond motifs is 1. The van der Waals surface area contributed by atoms with Gasteiger partial charge in [-0.15, -0.1) is 0 Å². The highest BCUT2D eigenvalue weighted by Gasteiger charge is 2.28. The van der Waals surface area contributed by atoms with Crippen LogP contribution in [0.15, 0.2) is 36.4 Å². The van der Waals surface area contributed by atoms with Crippen molar-refractivity contribution >= 4 is 28.9 Å². The van der Waals surface area contributed by atoms with Crippen molar-refractivity contribution in [3.63, 3.8) is 0 Å². The van der Waals surface area contributed by atoms with Gasteiger partial charge in [-0.3, -0.25) is 4.79 Å². The van der Waals surface area contributed by atoms with Crippen molar-refractivity contribution in [1.82, 2.24) is 0 Å². The van der Waals surface area contributed by atoms with Gasteiger partial charge in [-0.1, -0.05) is 23.7 Å². The smallest absolute Gasteiger partial charge is 0.259 e. The SMILES string of the molecule is Cc1ccc(N2Cc3ccc(N)cc3C2=O)cc1Cl. The molecule has 0 aliphatic carbocycles. The van der Waals surface area contributed by atoms with E-state index in [1.54, 1.807) is 11.0 Å². The molecule has 1 aliphatic rings. The molecular weight excluding hydrogens is 260 g/mol. The minimum Gasteiger partial charge on any atom is -0.399 e. The van der Waals surface area contributed by atoms with Crippen LogP contribution in [0.1, 0.15) is 21.5 Å². The van der Waals surface area contributed by atoms with E-state index >= 15 is 0 Å². The summed E-state index contributed by atoms with van der Waals surface area (Å²) >= 11 is 6.12. The van der Waals surface area contributed by atoms with Gasteiger partial charge in [0.25, 0.3) is 5.91 Å². The highest BCUT2D eigenvalue weighted by Crippen LogP contribution is 2.31. The topological polar surface area (TPSA) is 46.3 Å². The van der Waals surface area contributed by atoms with Gasteiger partial charge in [0.05, 0.1) is 6.54 Å². The van der Waals surface area contributed by atoms with Crippen LogP contribution in [0.4, 0.5) is 11.4 Å². The number of carbonyl (C=O) groups excluding carboxylic acids is 1. The van der Waals surface area contributed by atoms with Gasteiger partial charge in [-0.2, -0.15) is 0 Å². The van der Waals surface area contributed by atoms with Gasteiger partial charge in [-0.25, -0.2) is 0 Å². The number of nitrogens with two attached hydrogens (primary N) is 1. The molecule has 1 heterocycles. The van der Waals surface area contributed by atoms with Crippen LogP contribution >= 0.6 is 11.6 Å². The van der Waals surface area contributed by atoms with Crippen molar-refractivity contribution in [1.29, 1.82) is 0 Å². The molecule has 0 radical (unpaired) electrons. The molecule has 1 amide bonds. The minimum absolute atomic E-state index is 0.0257. The molecule has 19 heavy (non-hydrogen) atoms. The van der Waals surface area contributed by atoms with Crippen LogP contribution in [-0.4, -0.2) is 5.91 Å². The number of carbonyl (C=O) groups is 1. The standard InChI is InChI=1S/C15H13ClN2O/c1-9-2-5-12(7-14(9)16)18-8-10-3-4-11(17)6-13(10)15(18)19/h2-7H,8,17H2,1H3. The van der Waals surface area contributed by atoms with Crippen LogP contribution in [0.3, 0.4) is 0 Å². The fraction of sp³-hybridized carbons (Fsp3) is 0.133. The van der Waals surface area contributed by atoms with Gasteiger partial charge >= 0.3 is 0 Å². The zero-order valence-electron chi connectivity index (χ0n) is 10.5. The molecule has 3 rings (SSSR count). The number of rotatable bonds is 1. The maximum absolute atomic E-state index is 12.4. The first-order chi connectivity index (χ1) is 9.06. The van der Waals surface area contributed by atoms with Crippen molar-refractivity contribution in [2.75, 3.05) is 10.6 Å². The van der Waals surface area contributed by atoms with E-state index in [2.05, 4.69) is 0 Å². The average molecular weight is 273 g/mol. The zero-order chi connectivity index (χ0) is 13.6. The predicted octanol–water partition coefficient (Wildman–Crippen LogP) is 3.39. The van der Waals surface area contributed by atoms with E-state index in [9.17, 15) is 4.79 Å². The summed E-state index contributed by atoms with van der Waals surface area (Å²) in [5.41, 5.74) is 9.82. The van der Waals surface area contributed by atoms with Crippen LogP contribution in [-0.2, 0) is 6.54 Å². The largest absolute Gasteiger partial charge is 0.399 e. The van der Waals surface area contributed by atoms with Gasteiger partial charge in [0, 0.05) is 22.0 Å². The van der Waals surface area contributed by atoms with Crippen molar-refractivity contribution in [3.8, 4) is 0 Å². The van der Waals surface area contributed by atoms with Crippen LogP contribution < -0.4 is 10.6 Å². The fourth-order valence-corrected chi connectivity index (χ4v) is 2.45. The summed E-state index contributed by atoms with van der Waals surface area (Å²) in [4.78, 5) is 14.1. The molecule has 0 saturated carbocycles. The predicted molar refractivity (Wildman–Crippen MR) is 77.6 cm³/mol. The van der Waals surface area contributed by atoms with Gasteiger partial charge in [0.1, 0.15) is 0 Å². The third kappa shape index (κ3) is 1.96. The first-order valence-electron chi connectivity index (χ1n) is 6.02. The summed E-state index contributed by atoms with van der Waals surface area (Å²) in [5, 5.41) is 0.667. The lowest BCUT2D eigenvalue weighted by Gasteiger charge is -2.16. The van der Waals surface area contributed by atoms with Crippen LogP contribution in [0, 0.1) is 6.92 Å². The molecule has 0 bridgehead atoms. The van der Waals surface area contributed by atoms with Gasteiger partial charge in [0.15, 0.2) is 0 Å². The molecule has 2 aromatic carbocycles. The van der Waals surface area contributed by atoms with E-state index in [4.69, 9.17) is 17.3 Å². The Kier molecular flexibility index (Phi) is 2.72. The number of nitrogen functional groups attached to an aromatic ring is 1. The Morgan fingerprint density at radius 2 is 2.00 bits per heavy atom. The zero-order valence-corrected chi connectivity index (χ0v) is 11.2. The lowest BCUT2D eigenvalue weighted by Crippen LogP contribution is -2.22. The first-order valence-corrected chi connectivity index (χ1v) is 6.40. The van der Waals surface area contributed by atoms with E-state index < -0.39 is 0 Å². The number of hydrogen-bond donors (Lipinski definition) is 1. The van der Waals surface area contributed by atoms with Crippen molar-refractivity contribution in [2.24, 2.45) is 0 Å². The molecule has 1 aliphatic heterocycles. The summed E-state index contributed by atoms with van der Waals surface area (Å²) in [7, 11) is 0. The lowest BCUT2D eigenvalue weighted by atomic mass is 10.1. The Labute approximate surface area is 116 Å². The normalized spacial score (nSPS) is 13.8. The van der Waals surface area contributed by atoms with E-state index in [1.807, 2.05) is 37.3 Å². The second-order valence-electron chi connectivity index (χ2n) is 4.74. The number of amides is 1. The summed E-state index contributed by atoms with van der Waals surface area (Å²) in [6.45, 7) is 2.50. The summed E-state index contributed by atoms with van der Waals surface area (Å²) in [6.07, 6.45) is 0. The minimum atomic E-state index is -0.0257. The van der Waals surface area contributed by atoms with E-state index in [0.29, 0.717) is 22.8 Å². The third-order valence-corrected chi connectivity index (χ3v) is 3.81. The van der Waals surface area contributed by atoms with Crippen LogP contribution in [0.25, 0.3) is 0 Å². The number of hydrogen-bond acceptors (Lipinski definition) is 2. The summed E-state index contributed by atoms with van der Waals surface area (Å²) in [5.74, 6) is -0.0257. The molecule has 4 heteroatoms. The Bertz CT molecular complexity index is 682. The van der Waals surface area contributed by atoms with Crippen molar-refractivity contribution in [2.45, 2.75) is 13.5 Å². The lowest BCUT2D eigenvalue weighted by molar-refractivity contribution is 0.0996. The summed E-state index contributed by atoms with van der Waals surface area (Å²) in [6, 6.07) is 11.1. The van der Waals surface area contributed by atoms with Gasteiger partial charge in [0.2, 0.25) is 0 Å². The number of aryl methyl sites for hydroxylation is 1. The number of nitrogens with zero attached hydrogens (tertiary/aromatic N) is 1. The van der Waals surface area contributed by atoms with Crippen LogP contribution in [0.2, 0.25) is 5.02 Å². The van der Waals surface area contributed by atoms with Gasteiger partial charge in [-0.05, 0) is 42.3 Å². The van der Waals surface area contributed by atoms with E-state index in [-0.39, 0.29) is 5.91 Å². The molecule has 0 spiro atoms. The van der Waals surface area contributed by atoms with E-state index in [0.717, 1.165) is 16.8 Å². The Morgan fingerprint density at radius 3 is 2.74 bits per heavy atom. The monoisotopic (exact) mass is 272 g/mol. The second-order valence-corrected chi connectivity index (χ2v) is 5.15. The van der Waals surface area contributed by atoms with E-state index in [1.165, 1.54) is 0 Å². The third-order valence-electron chi connectivity index (χ3n) is 3.41. The number of benzene rings is 2. The molecule has 0 aromatic heterocycles. The molecule has 0 fully saturated rings. The number of halogens is 1. The highest BCUT2D eigenvalue weighted by atomic mass is 35.5. The quantitative estimate of drug-likeness (QED) is 0.809. The molecule has 0 unspecified atom stereocenters. The van der Waals surface area contributed by atoms with Crippen molar-refractivity contribution < 1.29 is 4.79 Å². The molecular formula is C15H13ClN2O. The Morgan fingerprint density at radius 1 is 1.21 bits per heavy atom. The molecule has 3 nitrogen and oxygen atoms in total. The molecule has 2 aromatic rings. The number of anilines is 2. The molecule has 0 saturated heterocycles. The molecule has 0 atom stereocenters. The average Bonchev–Trinajstić information content (AvgIpc) is 2.70. The maximum atomic E-state index is 12.4. The molecule has 96 valence electrons. The fourth-order valence-electron chi connectivity index (χ4n) is 2.28. The maximum Gasteiger partial charge on any atom is 0.259 e.